The lowest BCUT2D eigenvalue weighted by molar-refractivity contribution is -0.144. The third kappa shape index (κ3) is 7.67. The Balaban J connectivity index is 1.40. The molecule has 5 rings (SSSR count). The number of hydrogen-bond acceptors (Lipinski definition) is 5. The van der Waals surface area contributed by atoms with Crippen LogP contribution in [-0.2, 0) is 11.3 Å². The maximum absolute atomic E-state index is 14.0. The zero-order valence-corrected chi connectivity index (χ0v) is 23.8. The van der Waals surface area contributed by atoms with Gasteiger partial charge in [-0.3, -0.25) is 14.3 Å². The lowest BCUT2D eigenvalue weighted by Gasteiger charge is -2.33. The fourth-order valence-corrected chi connectivity index (χ4v) is 5.67. The second-order valence-electron chi connectivity index (χ2n) is 11.6. The lowest BCUT2D eigenvalue weighted by Crippen LogP contribution is -2.37. The Hall–Kier alpha value is -3.72. The summed E-state index contributed by atoms with van der Waals surface area (Å²) in [4.78, 5) is 30.2. The average Bonchev–Trinajstić information content (AvgIpc) is 3.60. The number of amides is 2. The number of nitrogens with one attached hydrogen (secondary N) is 2. The second-order valence-corrected chi connectivity index (χ2v) is 11.6. The molecule has 0 spiro atoms. The minimum absolute atomic E-state index is 0.0358. The first-order valence-corrected chi connectivity index (χ1v) is 14.4. The van der Waals surface area contributed by atoms with Crippen LogP contribution < -0.4 is 10.6 Å². The van der Waals surface area contributed by atoms with Crippen LogP contribution in [0.4, 0.5) is 30.7 Å². The van der Waals surface area contributed by atoms with Crippen LogP contribution >= 0.6 is 0 Å². The van der Waals surface area contributed by atoms with Gasteiger partial charge in [0, 0.05) is 25.0 Å². The second kappa shape index (κ2) is 12.3. The van der Waals surface area contributed by atoms with E-state index in [0.29, 0.717) is 16.9 Å². The van der Waals surface area contributed by atoms with Gasteiger partial charge in [-0.2, -0.15) is 23.4 Å². The number of nitrogens with zero attached hydrogens (tertiary/aromatic N) is 5. The van der Waals surface area contributed by atoms with Gasteiger partial charge in [0.2, 0.25) is 11.8 Å². The molecule has 2 atom stereocenters. The molecule has 2 amide bonds. The predicted molar refractivity (Wildman–Crippen MR) is 142 cm³/mol. The summed E-state index contributed by atoms with van der Waals surface area (Å²) in [5.74, 6) is -4.55. The van der Waals surface area contributed by atoms with Gasteiger partial charge >= 0.3 is 6.18 Å². The summed E-state index contributed by atoms with van der Waals surface area (Å²) >= 11 is 0. The summed E-state index contributed by atoms with van der Waals surface area (Å²) in [6, 6.07) is 0.274. The molecule has 0 saturated heterocycles. The molecule has 2 N–H and O–H groups in total. The maximum Gasteiger partial charge on any atom is 0.389 e. The van der Waals surface area contributed by atoms with Crippen molar-refractivity contribution >= 4 is 17.5 Å². The van der Waals surface area contributed by atoms with Gasteiger partial charge in [0.15, 0.2) is 5.65 Å². The van der Waals surface area contributed by atoms with Crippen LogP contribution in [0.3, 0.4) is 0 Å². The van der Waals surface area contributed by atoms with Crippen LogP contribution in [0.2, 0.25) is 0 Å². The number of alkyl halides is 7. The van der Waals surface area contributed by atoms with Crippen molar-refractivity contribution in [3.8, 4) is 0 Å². The molecule has 3 aromatic rings. The average molecular weight is 632 g/mol. The van der Waals surface area contributed by atoms with E-state index in [-0.39, 0.29) is 42.9 Å². The fourth-order valence-electron chi connectivity index (χ4n) is 5.67. The topological polar surface area (TPSA) is 106 Å². The molecule has 0 aromatic carbocycles. The van der Waals surface area contributed by atoms with E-state index < -0.39 is 67.7 Å². The number of carbonyl (C=O) groups excluding carboxylic acids is 2. The van der Waals surface area contributed by atoms with Gasteiger partial charge < -0.3 is 10.6 Å². The van der Waals surface area contributed by atoms with E-state index in [1.807, 2.05) is 0 Å². The Morgan fingerprint density at radius 3 is 2.34 bits per heavy atom. The van der Waals surface area contributed by atoms with Gasteiger partial charge in [0.1, 0.15) is 6.54 Å². The number of fused-ring (bicyclic) bond motifs is 1. The SMILES string of the molecule is Cc1c(C(=O)N[C@H](c2cn3ncc(C(NC(=O)CCC(F)(F)F)C4CC4)cc3n2)C2CCC(F)(F)CC2)cnn1CC(F)F. The van der Waals surface area contributed by atoms with Crippen LogP contribution in [0.25, 0.3) is 5.65 Å². The highest BCUT2D eigenvalue weighted by molar-refractivity contribution is 5.95. The number of imidazole rings is 1. The molecule has 44 heavy (non-hydrogen) atoms. The first kappa shape index (κ1) is 31.7. The Bertz CT molecular complexity index is 1490. The molecule has 3 heterocycles. The van der Waals surface area contributed by atoms with Crippen molar-refractivity contribution in [1.29, 1.82) is 0 Å². The van der Waals surface area contributed by atoms with Gasteiger partial charge in [-0.05, 0) is 56.1 Å². The smallest absolute Gasteiger partial charge is 0.349 e. The van der Waals surface area contributed by atoms with E-state index in [4.69, 9.17) is 0 Å². The highest BCUT2D eigenvalue weighted by Gasteiger charge is 2.40. The van der Waals surface area contributed by atoms with Crippen molar-refractivity contribution in [2.24, 2.45) is 11.8 Å². The minimum atomic E-state index is -4.45. The molecule has 2 fully saturated rings. The Kier molecular flexibility index (Phi) is 8.89. The molecule has 9 nitrogen and oxygen atoms in total. The van der Waals surface area contributed by atoms with E-state index in [1.54, 1.807) is 12.3 Å². The van der Waals surface area contributed by atoms with E-state index in [1.165, 1.54) is 23.8 Å². The molecule has 0 bridgehead atoms. The zero-order valence-electron chi connectivity index (χ0n) is 23.8. The molecule has 240 valence electrons. The molecule has 2 aliphatic carbocycles. The Morgan fingerprint density at radius 1 is 1.02 bits per heavy atom. The monoisotopic (exact) mass is 631 g/mol. The summed E-state index contributed by atoms with van der Waals surface area (Å²) in [6.07, 6.45) is -3.83. The molecular formula is C28H32F7N7O2. The van der Waals surface area contributed by atoms with Crippen LogP contribution in [0.15, 0.2) is 24.7 Å². The van der Waals surface area contributed by atoms with Crippen LogP contribution in [0.1, 0.15) is 90.8 Å². The number of aromatic nitrogens is 5. The zero-order chi connectivity index (χ0) is 31.8. The van der Waals surface area contributed by atoms with Gasteiger partial charge in [-0.1, -0.05) is 0 Å². The third-order valence-electron chi connectivity index (χ3n) is 8.26. The quantitative estimate of drug-likeness (QED) is 0.264. The maximum atomic E-state index is 14.0. The van der Waals surface area contributed by atoms with Crippen LogP contribution in [0.5, 0.6) is 0 Å². The number of halogens is 7. The predicted octanol–water partition coefficient (Wildman–Crippen LogP) is 5.71. The van der Waals surface area contributed by atoms with Gasteiger partial charge in [-0.25, -0.2) is 27.1 Å². The summed E-state index contributed by atoms with van der Waals surface area (Å²) in [5.41, 5.74) is 1.51. The van der Waals surface area contributed by atoms with Gasteiger partial charge in [0.25, 0.3) is 12.3 Å². The van der Waals surface area contributed by atoms with Crippen molar-refractivity contribution in [1.82, 2.24) is 35.0 Å². The molecule has 1 unspecified atom stereocenters. The molecular weight excluding hydrogens is 599 g/mol. The van der Waals surface area contributed by atoms with E-state index in [0.717, 1.165) is 17.5 Å². The number of carbonyl (C=O) groups is 2. The first-order chi connectivity index (χ1) is 20.7. The molecule has 16 heteroatoms. The van der Waals surface area contributed by atoms with Crippen LogP contribution in [0, 0.1) is 18.8 Å². The van der Waals surface area contributed by atoms with E-state index >= 15 is 0 Å². The molecule has 0 aliphatic heterocycles. The van der Waals surface area contributed by atoms with E-state index in [9.17, 15) is 40.3 Å². The standard InChI is InChI=1S/C28H32F7N7O2/c1-15-19(12-37-41(15)14-21(29)30)26(44)40-25(17-4-7-27(31,32)8-5-17)20-13-42-22(38-20)10-18(11-36-42)24(16-2-3-16)39-23(43)6-9-28(33,34)35/h10-13,16-17,21,24-25H,2-9,14H2,1H3,(H,39,43)(H,40,44)/t24?,25-/m0/s1. The van der Waals surface area contributed by atoms with E-state index in [2.05, 4.69) is 25.8 Å². The Labute approximate surface area is 247 Å². The molecule has 2 saturated carbocycles. The summed E-state index contributed by atoms with van der Waals surface area (Å²) < 4.78 is 94.1. The summed E-state index contributed by atoms with van der Waals surface area (Å²) in [7, 11) is 0. The summed E-state index contributed by atoms with van der Waals surface area (Å²) in [5, 5.41) is 13.8. The van der Waals surface area contributed by atoms with Crippen molar-refractivity contribution < 1.29 is 40.3 Å². The van der Waals surface area contributed by atoms with Crippen molar-refractivity contribution in [2.75, 3.05) is 0 Å². The molecule has 3 aromatic heterocycles. The normalized spacial score (nSPS) is 18.8. The highest BCUT2D eigenvalue weighted by Crippen LogP contribution is 2.43. The van der Waals surface area contributed by atoms with Crippen molar-refractivity contribution in [3.05, 3.63) is 47.2 Å². The minimum Gasteiger partial charge on any atom is -0.349 e. The van der Waals surface area contributed by atoms with Crippen LogP contribution in [-0.4, -0.2) is 54.7 Å². The fraction of sp³-hybridized carbons (Fsp3) is 0.607. The number of rotatable bonds is 11. The largest absolute Gasteiger partial charge is 0.389 e. The molecule has 0 radical (unpaired) electrons. The molecule has 2 aliphatic rings. The van der Waals surface area contributed by atoms with Crippen molar-refractivity contribution in [3.63, 3.8) is 0 Å². The summed E-state index contributed by atoms with van der Waals surface area (Å²) in [6.45, 7) is 0.792. The third-order valence-corrected chi connectivity index (χ3v) is 8.26. The first-order valence-electron chi connectivity index (χ1n) is 14.4. The van der Waals surface area contributed by atoms with Gasteiger partial charge in [0.05, 0.1) is 48.4 Å². The lowest BCUT2D eigenvalue weighted by atomic mass is 9.81. The Morgan fingerprint density at radius 2 is 1.70 bits per heavy atom. The number of hydrogen-bond donors (Lipinski definition) is 2. The van der Waals surface area contributed by atoms with Crippen molar-refractivity contribution in [2.45, 2.75) is 95.4 Å². The van der Waals surface area contributed by atoms with Gasteiger partial charge in [-0.15, -0.1) is 0 Å². The highest BCUT2D eigenvalue weighted by atomic mass is 19.4.